The summed E-state index contributed by atoms with van der Waals surface area (Å²) in [5.41, 5.74) is 2.48. The first-order chi connectivity index (χ1) is 7.27. The zero-order valence-electron chi connectivity index (χ0n) is 10.6. The Morgan fingerprint density at radius 1 is 1.31 bits per heavy atom. The molecule has 3 nitrogen and oxygen atoms in total. The van der Waals surface area contributed by atoms with Crippen molar-refractivity contribution in [3.63, 3.8) is 0 Å². The van der Waals surface area contributed by atoms with Gasteiger partial charge in [-0.2, -0.15) is 5.10 Å². The average molecular weight is 246 g/mol. The molecule has 0 saturated heterocycles. The normalized spacial score (nSPS) is 10.2. The van der Waals surface area contributed by atoms with Crippen molar-refractivity contribution < 1.29 is 0 Å². The van der Waals surface area contributed by atoms with Gasteiger partial charge in [0.2, 0.25) is 0 Å². The third-order valence-electron chi connectivity index (χ3n) is 2.64. The quantitative estimate of drug-likeness (QED) is 0.749. The van der Waals surface area contributed by atoms with Crippen LogP contribution in [0.4, 0.5) is 0 Å². The molecule has 0 aliphatic carbocycles. The van der Waals surface area contributed by atoms with Crippen molar-refractivity contribution >= 4 is 12.4 Å². The largest absolute Gasteiger partial charge is 0.313 e. The summed E-state index contributed by atoms with van der Waals surface area (Å²) in [6.07, 6.45) is 6.02. The third-order valence-corrected chi connectivity index (χ3v) is 2.64. The maximum absolute atomic E-state index is 4.42. The van der Waals surface area contributed by atoms with Crippen LogP contribution in [0.1, 0.15) is 44.4 Å². The van der Waals surface area contributed by atoms with Crippen LogP contribution >= 0.6 is 12.4 Å². The molecule has 0 saturated carbocycles. The van der Waals surface area contributed by atoms with E-state index in [0.717, 1.165) is 25.3 Å². The van der Waals surface area contributed by atoms with Gasteiger partial charge in [0.1, 0.15) is 0 Å². The van der Waals surface area contributed by atoms with Crippen molar-refractivity contribution in [2.24, 2.45) is 0 Å². The van der Waals surface area contributed by atoms with Crippen LogP contribution in [0, 0.1) is 6.92 Å². The second-order valence-corrected chi connectivity index (χ2v) is 3.98. The average Bonchev–Trinajstić information content (AvgIpc) is 2.59. The Balaban J connectivity index is 0.00000225. The number of unbranched alkanes of at least 4 members (excludes halogenated alkanes) is 2. The molecule has 1 aromatic rings. The van der Waals surface area contributed by atoms with Gasteiger partial charge in [-0.25, -0.2) is 0 Å². The van der Waals surface area contributed by atoms with Crippen LogP contribution in [-0.2, 0) is 13.1 Å². The molecule has 0 aromatic carbocycles. The van der Waals surface area contributed by atoms with Gasteiger partial charge in [-0.3, -0.25) is 4.68 Å². The lowest BCUT2D eigenvalue weighted by molar-refractivity contribution is 0.615. The summed E-state index contributed by atoms with van der Waals surface area (Å²) in [7, 11) is 0. The van der Waals surface area contributed by atoms with E-state index in [9.17, 15) is 0 Å². The molecule has 0 bridgehead atoms. The fraction of sp³-hybridized carbons (Fsp3) is 0.750. The lowest BCUT2D eigenvalue weighted by Crippen LogP contribution is -2.14. The Bertz CT molecular complexity index is 284. The standard InChI is InChI=1S/C12H23N3.ClH/c1-4-6-7-8-13-9-12-10-15(5-2)14-11(12)3;/h10,13H,4-9H2,1-3H3;1H. The zero-order chi connectivity index (χ0) is 11.1. The molecule has 0 spiro atoms. The molecule has 1 N–H and O–H groups in total. The molecule has 0 unspecified atom stereocenters. The first kappa shape index (κ1) is 15.5. The SMILES string of the molecule is CCCCCNCc1cn(CC)nc1C.Cl. The van der Waals surface area contributed by atoms with Crippen molar-refractivity contribution in [1.82, 2.24) is 15.1 Å². The zero-order valence-corrected chi connectivity index (χ0v) is 11.4. The number of nitrogens with zero attached hydrogens (tertiary/aromatic N) is 2. The highest BCUT2D eigenvalue weighted by atomic mass is 35.5. The summed E-state index contributed by atoms with van der Waals surface area (Å²) in [6.45, 7) is 9.45. The van der Waals surface area contributed by atoms with E-state index < -0.39 is 0 Å². The van der Waals surface area contributed by atoms with Crippen molar-refractivity contribution in [2.45, 2.75) is 53.1 Å². The Hall–Kier alpha value is -0.540. The second-order valence-electron chi connectivity index (χ2n) is 3.98. The molecule has 1 heterocycles. The van der Waals surface area contributed by atoms with Gasteiger partial charge in [0, 0.05) is 24.8 Å². The second kappa shape index (κ2) is 8.59. The Morgan fingerprint density at radius 3 is 2.62 bits per heavy atom. The number of halogens is 1. The van der Waals surface area contributed by atoms with Gasteiger partial charge in [-0.05, 0) is 26.8 Å². The first-order valence-corrected chi connectivity index (χ1v) is 6.01. The van der Waals surface area contributed by atoms with Gasteiger partial charge < -0.3 is 5.32 Å². The van der Waals surface area contributed by atoms with Gasteiger partial charge in [0.25, 0.3) is 0 Å². The van der Waals surface area contributed by atoms with E-state index in [4.69, 9.17) is 0 Å². The van der Waals surface area contributed by atoms with E-state index in [1.165, 1.54) is 24.8 Å². The number of hydrogen-bond donors (Lipinski definition) is 1. The van der Waals surface area contributed by atoms with Crippen LogP contribution < -0.4 is 5.32 Å². The van der Waals surface area contributed by atoms with E-state index in [-0.39, 0.29) is 12.4 Å². The van der Waals surface area contributed by atoms with E-state index in [1.54, 1.807) is 0 Å². The topological polar surface area (TPSA) is 29.9 Å². The maximum atomic E-state index is 4.42. The molecule has 0 fully saturated rings. The molecule has 0 aliphatic heterocycles. The Kier molecular flexibility index (Phi) is 8.30. The van der Waals surface area contributed by atoms with Crippen molar-refractivity contribution in [1.29, 1.82) is 0 Å². The highest BCUT2D eigenvalue weighted by Gasteiger charge is 2.02. The smallest absolute Gasteiger partial charge is 0.0638 e. The van der Waals surface area contributed by atoms with Crippen LogP contribution in [0.5, 0.6) is 0 Å². The fourth-order valence-corrected chi connectivity index (χ4v) is 1.62. The van der Waals surface area contributed by atoms with Crippen molar-refractivity contribution in [2.75, 3.05) is 6.54 Å². The molecule has 0 amide bonds. The van der Waals surface area contributed by atoms with Gasteiger partial charge in [-0.1, -0.05) is 19.8 Å². The van der Waals surface area contributed by atoms with Crippen LogP contribution in [0.3, 0.4) is 0 Å². The third kappa shape index (κ3) is 4.99. The molecule has 94 valence electrons. The monoisotopic (exact) mass is 245 g/mol. The highest BCUT2D eigenvalue weighted by molar-refractivity contribution is 5.85. The van der Waals surface area contributed by atoms with Gasteiger partial charge in [0.05, 0.1) is 5.69 Å². The van der Waals surface area contributed by atoms with E-state index in [1.807, 2.05) is 4.68 Å². The van der Waals surface area contributed by atoms with E-state index >= 15 is 0 Å². The summed E-state index contributed by atoms with van der Waals surface area (Å²) in [5, 5.41) is 7.88. The number of nitrogens with one attached hydrogen (secondary N) is 1. The van der Waals surface area contributed by atoms with Crippen LogP contribution in [0.25, 0.3) is 0 Å². The van der Waals surface area contributed by atoms with Crippen molar-refractivity contribution in [3.8, 4) is 0 Å². The molecule has 1 rings (SSSR count). The molecule has 4 heteroatoms. The predicted molar refractivity (Wildman–Crippen MR) is 71.1 cm³/mol. The minimum atomic E-state index is 0. The van der Waals surface area contributed by atoms with Crippen molar-refractivity contribution in [3.05, 3.63) is 17.5 Å². The number of aromatic nitrogens is 2. The Morgan fingerprint density at radius 2 is 2.06 bits per heavy atom. The molecular weight excluding hydrogens is 222 g/mol. The van der Waals surface area contributed by atoms with E-state index in [0.29, 0.717) is 0 Å². The van der Waals surface area contributed by atoms with E-state index in [2.05, 4.69) is 37.4 Å². The fourth-order valence-electron chi connectivity index (χ4n) is 1.62. The molecule has 1 aromatic heterocycles. The molecule has 0 aliphatic rings. The predicted octanol–water partition coefficient (Wildman–Crippen LogP) is 2.91. The summed E-state index contributed by atoms with van der Waals surface area (Å²) >= 11 is 0. The van der Waals surface area contributed by atoms with Gasteiger partial charge in [0.15, 0.2) is 0 Å². The molecular formula is C12H24ClN3. The first-order valence-electron chi connectivity index (χ1n) is 6.01. The summed E-state index contributed by atoms with van der Waals surface area (Å²) in [4.78, 5) is 0. The number of hydrogen-bond acceptors (Lipinski definition) is 2. The van der Waals surface area contributed by atoms with Crippen LogP contribution in [-0.4, -0.2) is 16.3 Å². The minimum Gasteiger partial charge on any atom is -0.313 e. The van der Waals surface area contributed by atoms with Crippen LogP contribution in [0.2, 0.25) is 0 Å². The van der Waals surface area contributed by atoms with Gasteiger partial charge >= 0.3 is 0 Å². The summed E-state index contributed by atoms with van der Waals surface area (Å²) < 4.78 is 2.00. The number of rotatable bonds is 7. The molecule has 16 heavy (non-hydrogen) atoms. The summed E-state index contributed by atoms with van der Waals surface area (Å²) in [5.74, 6) is 0. The Labute approximate surface area is 105 Å². The maximum Gasteiger partial charge on any atom is 0.0638 e. The molecule has 0 atom stereocenters. The number of aryl methyl sites for hydroxylation is 2. The lowest BCUT2D eigenvalue weighted by Gasteiger charge is -2.02. The van der Waals surface area contributed by atoms with Crippen LogP contribution in [0.15, 0.2) is 6.20 Å². The molecule has 0 radical (unpaired) electrons. The lowest BCUT2D eigenvalue weighted by atomic mass is 10.2. The van der Waals surface area contributed by atoms with Gasteiger partial charge in [-0.15, -0.1) is 12.4 Å². The minimum absolute atomic E-state index is 0. The highest BCUT2D eigenvalue weighted by Crippen LogP contribution is 2.05. The summed E-state index contributed by atoms with van der Waals surface area (Å²) in [6, 6.07) is 0.